The van der Waals surface area contributed by atoms with E-state index in [1.165, 1.54) is 0 Å². The molecule has 3 aliphatic rings. The number of carbonyl (C=O) groups excluding carboxylic acids is 3. The number of aromatic nitrogens is 2. The van der Waals surface area contributed by atoms with Crippen LogP contribution in [0.5, 0.6) is 11.6 Å². The standard InChI is InChI=1S/C40H34ClN3O7/c1-44(2)34-28-18-25-17-27-31(29(49-20-22-9-5-3-6-10-22)19-26(33(27)41)24-13-15-42-16-14-24)35(45)30(25)37(46)40(28,48)38(47)32-36(34)51-43-39(32)50-21-23-11-7-4-8-12-23/h3-16,19,25,28,30,34,48H,17-18,20-21H2,1-2H3. The highest BCUT2D eigenvalue weighted by molar-refractivity contribution is 6.35. The molecule has 0 spiro atoms. The molecule has 0 saturated heterocycles. The van der Waals surface area contributed by atoms with Crippen LogP contribution in [-0.2, 0) is 24.4 Å². The molecule has 51 heavy (non-hydrogen) atoms. The minimum Gasteiger partial charge on any atom is -0.488 e. The number of aliphatic hydroxyl groups is 1. The molecule has 3 aliphatic carbocycles. The van der Waals surface area contributed by atoms with Gasteiger partial charge in [-0.3, -0.25) is 24.3 Å². The lowest BCUT2D eigenvalue weighted by Gasteiger charge is -2.51. The highest BCUT2D eigenvalue weighted by atomic mass is 35.5. The Bertz CT molecular complexity index is 2160. The summed E-state index contributed by atoms with van der Waals surface area (Å²) in [5.74, 6) is -4.66. The van der Waals surface area contributed by atoms with Crippen LogP contribution in [0.3, 0.4) is 0 Å². The third kappa shape index (κ3) is 5.37. The summed E-state index contributed by atoms with van der Waals surface area (Å²) in [6.07, 6.45) is 3.75. The number of Topliss-reactive ketones (excluding diaryl/α,β-unsaturated/α-hetero) is 3. The summed E-state index contributed by atoms with van der Waals surface area (Å²) < 4.78 is 18.0. The quantitative estimate of drug-likeness (QED) is 0.183. The zero-order valence-corrected chi connectivity index (χ0v) is 28.7. The monoisotopic (exact) mass is 703 g/mol. The maximum atomic E-state index is 14.7. The molecular formula is C40H34ClN3O7. The molecule has 0 amide bonds. The Morgan fingerprint density at radius 2 is 1.57 bits per heavy atom. The van der Waals surface area contributed by atoms with Crippen molar-refractivity contribution < 1.29 is 33.5 Å². The van der Waals surface area contributed by atoms with Crippen molar-refractivity contribution in [1.82, 2.24) is 15.0 Å². The maximum Gasteiger partial charge on any atom is 0.265 e. The number of carbonyl (C=O) groups is 3. The predicted octanol–water partition coefficient (Wildman–Crippen LogP) is 6.34. The van der Waals surface area contributed by atoms with Crippen LogP contribution < -0.4 is 9.47 Å². The van der Waals surface area contributed by atoms with Gasteiger partial charge in [-0.1, -0.05) is 72.3 Å². The number of nitrogens with zero attached hydrogens (tertiary/aromatic N) is 3. The highest BCUT2D eigenvalue weighted by Crippen LogP contribution is 2.56. The number of rotatable bonds is 8. The van der Waals surface area contributed by atoms with E-state index in [0.717, 1.165) is 16.7 Å². The van der Waals surface area contributed by atoms with Gasteiger partial charge in [-0.05, 0) is 78.5 Å². The number of hydrogen-bond acceptors (Lipinski definition) is 10. The van der Waals surface area contributed by atoms with Gasteiger partial charge < -0.3 is 19.1 Å². The van der Waals surface area contributed by atoms with Crippen LogP contribution >= 0.6 is 11.6 Å². The van der Waals surface area contributed by atoms with Crippen LogP contribution in [-0.4, -0.2) is 57.2 Å². The van der Waals surface area contributed by atoms with E-state index in [2.05, 4.69) is 10.1 Å². The molecule has 2 heterocycles. The summed E-state index contributed by atoms with van der Waals surface area (Å²) in [5, 5.41) is 16.9. The van der Waals surface area contributed by atoms with Crippen molar-refractivity contribution in [3.05, 3.63) is 130 Å². The summed E-state index contributed by atoms with van der Waals surface area (Å²) in [4.78, 5) is 49.8. The molecule has 258 valence electrons. The largest absolute Gasteiger partial charge is 0.488 e. The molecule has 2 aromatic heterocycles. The van der Waals surface area contributed by atoms with E-state index in [4.69, 9.17) is 25.6 Å². The van der Waals surface area contributed by atoms with Gasteiger partial charge in [0.2, 0.25) is 5.78 Å². The van der Waals surface area contributed by atoms with Gasteiger partial charge in [-0.2, -0.15) is 0 Å². The fraction of sp³-hybridized carbons (Fsp3) is 0.275. The van der Waals surface area contributed by atoms with Crippen molar-refractivity contribution in [3.8, 4) is 22.8 Å². The van der Waals surface area contributed by atoms with E-state index in [9.17, 15) is 19.5 Å². The topological polar surface area (TPSA) is 132 Å². The fourth-order valence-corrected chi connectivity index (χ4v) is 8.42. The fourth-order valence-electron chi connectivity index (χ4n) is 8.09. The van der Waals surface area contributed by atoms with Gasteiger partial charge in [0.1, 0.15) is 24.5 Å². The number of ketones is 3. The van der Waals surface area contributed by atoms with Gasteiger partial charge in [0.05, 0.1) is 22.5 Å². The first kappa shape index (κ1) is 33.0. The van der Waals surface area contributed by atoms with E-state index in [-0.39, 0.29) is 54.6 Å². The molecule has 0 radical (unpaired) electrons. The molecule has 10 nitrogen and oxygen atoms in total. The molecule has 3 aromatic carbocycles. The van der Waals surface area contributed by atoms with Crippen LogP contribution in [0.15, 0.2) is 95.8 Å². The molecule has 5 atom stereocenters. The number of benzene rings is 3. The van der Waals surface area contributed by atoms with E-state index >= 15 is 0 Å². The first-order chi connectivity index (χ1) is 24.7. The van der Waals surface area contributed by atoms with Crippen molar-refractivity contribution in [2.75, 3.05) is 14.1 Å². The van der Waals surface area contributed by atoms with Crippen molar-refractivity contribution in [2.45, 2.75) is 37.7 Å². The van der Waals surface area contributed by atoms with Gasteiger partial charge >= 0.3 is 0 Å². The SMILES string of the molecule is CN(C)C1c2onc(OCc3ccccc3)c2C(=O)C2(O)C(=O)C3C(=O)c4c(OCc5ccccc5)cc(-c5ccncc5)c(Cl)c4CC3CC12. The maximum absolute atomic E-state index is 14.7. The smallest absolute Gasteiger partial charge is 0.265 e. The van der Waals surface area contributed by atoms with Crippen LogP contribution in [0, 0.1) is 17.8 Å². The minimum atomic E-state index is -2.53. The summed E-state index contributed by atoms with van der Waals surface area (Å²) in [7, 11) is 3.56. The number of hydrogen-bond donors (Lipinski definition) is 1. The second-order valence-electron chi connectivity index (χ2n) is 13.6. The lowest BCUT2D eigenvalue weighted by molar-refractivity contribution is -0.153. The van der Waals surface area contributed by atoms with Gasteiger partial charge in [-0.15, -0.1) is 0 Å². The molecule has 1 saturated carbocycles. The normalized spacial score (nSPS) is 23.7. The molecule has 5 unspecified atom stereocenters. The Labute approximate surface area is 299 Å². The summed E-state index contributed by atoms with van der Waals surface area (Å²) in [6.45, 7) is 0.251. The predicted molar refractivity (Wildman–Crippen MR) is 187 cm³/mol. The Kier molecular flexibility index (Phi) is 8.33. The van der Waals surface area contributed by atoms with Crippen molar-refractivity contribution in [2.24, 2.45) is 17.8 Å². The second-order valence-corrected chi connectivity index (χ2v) is 14.0. The Morgan fingerprint density at radius 1 is 0.922 bits per heavy atom. The second kappa shape index (κ2) is 12.9. The summed E-state index contributed by atoms with van der Waals surface area (Å²) in [5.41, 5.74) is 1.32. The zero-order valence-electron chi connectivity index (χ0n) is 27.9. The molecule has 1 N–H and O–H groups in total. The van der Waals surface area contributed by atoms with Crippen molar-refractivity contribution in [1.29, 1.82) is 0 Å². The first-order valence-corrected chi connectivity index (χ1v) is 17.2. The molecule has 11 heteroatoms. The number of fused-ring (bicyclic) bond motifs is 4. The average molecular weight is 704 g/mol. The van der Waals surface area contributed by atoms with E-state index < -0.39 is 46.7 Å². The van der Waals surface area contributed by atoms with E-state index in [1.807, 2.05) is 72.8 Å². The Hall–Kier alpha value is -5.16. The van der Waals surface area contributed by atoms with Crippen LogP contribution in [0.25, 0.3) is 11.1 Å². The molecule has 1 fully saturated rings. The lowest BCUT2D eigenvalue weighted by Crippen LogP contribution is -2.66. The van der Waals surface area contributed by atoms with Crippen LogP contribution in [0.2, 0.25) is 5.02 Å². The lowest BCUT2D eigenvalue weighted by atomic mass is 9.54. The third-order valence-corrected chi connectivity index (χ3v) is 10.9. The summed E-state index contributed by atoms with van der Waals surface area (Å²) >= 11 is 7.13. The number of ether oxygens (including phenoxy) is 2. The molecule has 8 rings (SSSR count). The van der Waals surface area contributed by atoms with E-state index in [1.54, 1.807) is 37.5 Å². The Morgan fingerprint density at radius 3 is 2.22 bits per heavy atom. The molecular weight excluding hydrogens is 670 g/mol. The first-order valence-electron chi connectivity index (χ1n) is 16.8. The summed E-state index contributed by atoms with van der Waals surface area (Å²) in [6, 6.07) is 23.5. The molecule has 0 aliphatic heterocycles. The van der Waals surface area contributed by atoms with Crippen LogP contribution in [0.4, 0.5) is 0 Å². The van der Waals surface area contributed by atoms with Crippen molar-refractivity contribution in [3.63, 3.8) is 0 Å². The van der Waals surface area contributed by atoms with Gasteiger partial charge in [0.15, 0.2) is 22.9 Å². The van der Waals surface area contributed by atoms with Gasteiger partial charge in [0.25, 0.3) is 5.88 Å². The zero-order chi connectivity index (χ0) is 35.4. The van der Waals surface area contributed by atoms with Crippen molar-refractivity contribution >= 4 is 29.0 Å². The average Bonchev–Trinajstić information content (AvgIpc) is 3.56. The number of pyridine rings is 1. The highest BCUT2D eigenvalue weighted by Gasteiger charge is 2.67. The Balaban J connectivity index is 1.20. The minimum absolute atomic E-state index is 0.0868. The van der Waals surface area contributed by atoms with E-state index in [0.29, 0.717) is 16.1 Å². The van der Waals surface area contributed by atoms with Gasteiger partial charge in [-0.25, -0.2) is 0 Å². The number of halogens is 1. The molecule has 5 aromatic rings. The molecule has 0 bridgehead atoms. The third-order valence-electron chi connectivity index (χ3n) is 10.5. The van der Waals surface area contributed by atoms with Gasteiger partial charge in [0, 0.05) is 23.9 Å². The van der Waals surface area contributed by atoms with Crippen LogP contribution in [0.1, 0.15) is 55.6 Å².